The molecule has 1 heterocycles. The van der Waals surface area contributed by atoms with Gasteiger partial charge < -0.3 is 10.5 Å². The molecule has 0 unspecified atom stereocenters. The topological polar surface area (TPSA) is 129 Å². The largest absolute Gasteiger partial charge is 0.497 e. The molecule has 0 spiro atoms. The molecule has 0 amide bonds. The highest BCUT2D eigenvalue weighted by Gasteiger charge is 2.20. The van der Waals surface area contributed by atoms with Gasteiger partial charge in [0.05, 0.1) is 18.2 Å². The number of nitrogen functional groups attached to an aromatic ring is 1. The summed E-state index contributed by atoms with van der Waals surface area (Å²) in [4.78, 5) is 17.5. The van der Waals surface area contributed by atoms with Crippen LogP contribution in [0.15, 0.2) is 35.7 Å². The Labute approximate surface area is 119 Å². The Bertz CT molecular complexity index is 671. The van der Waals surface area contributed by atoms with Gasteiger partial charge in [0.25, 0.3) is 0 Å². The number of nitrogens with one attached hydrogen (secondary N) is 1. The van der Waals surface area contributed by atoms with E-state index in [4.69, 9.17) is 10.5 Å². The van der Waals surface area contributed by atoms with Crippen molar-refractivity contribution >= 4 is 23.5 Å². The van der Waals surface area contributed by atoms with E-state index in [0.29, 0.717) is 0 Å². The van der Waals surface area contributed by atoms with Crippen LogP contribution in [0.25, 0.3) is 0 Å². The molecule has 0 fully saturated rings. The second-order valence-electron chi connectivity index (χ2n) is 3.86. The molecule has 9 heteroatoms. The van der Waals surface area contributed by atoms with E-state index in [-0.39, 0.29) is 11.6 Å². The van der Waals surface area contributed by atoms with Gasteiger partial charge in [-0.2, -0.15) is 5.10 Å². The van der Waals surface area contributed by atoms with Crippen molar-refractivity contribution in [3.63, 3.8) is 0 Å². The number of hydrogen-bond donors (Lipinski definition) is 2. The van der Waals surface area contributed by atoms with E-state index < -0.39 is 10.6 Å². The summed E-state index contributed by atoms with van der Waals surface area (Å²) in [6.45, 7) is 0. The van der Waals surface area contributed by atoms with Crippen molar-refractivity contribution in [2.45, 2.75) is 0 Å². The molecule has 9 nitrogen and oxygen atoms in total. The van der Waals surface area contributed by atoms with Crippen molar-refractivity contribution in [3.8, 4) is 5.75 Å². The number of rotatable bonds is 5. The first-order valence-electron chi connectivity index (χ1n) is 5.80. The minimum absolute atomic E-state index is 0.0720. The summed E-state index contributed by atoms with van der Waals surface area (Å²) < 4.78 is 5.03. The fourth-order valence-corrected chi connectivity index (χ4v) is 1.51. The van der Waals surface area contributed by atoms with Crippen molar-refractivity contribution < 1.29 is 9.66 Å². The molecule has 21 heavy (non-hydrogen) atoms. The van der Waals surface area contributed by atoms with Crippen molar-refractivity contribution in [1.29, 1.82) is 0 Å². The first kappa shape index (κ1) is 14.2. The summed E-state index contributed by atoms with van der Waals surface area (Å²) in [7, 11) is 1.57. The van der Waals surface area contributed by atoms with E-state index in [1.54, 1.807) is 31.4 Å². The van der Waals surface area contributed by atoms with Crippen LogP contribution in [0.3, 0.4) is 0 Å². The Balaban J connectivity index is 2.14. The molecule has 1 aromatic heterocycles. The van der Waals surface area contributed by atoms with Crippen LogP contribution in [0.2, 0.25) is 0 Å². The molecule has 0 bridgehead atoms. The molecule has 2 rings (SSSR count). The van der Waals surface area contributed by atoms with Gasteiger partial charge >= 0.3 is 5.69 Å². The van der Waals surface area contributed by atoms with Crippen LogP contribution in [-0.2, 0) is 0 Å². The normalized spacial score (nSPS) is 10.5. The number of nitrogens with two attached hydrogens (primary N) is 1. The summed E-state index contributed by atoms with van der Waals surface area (Å²) in [5, 5.41) is 14.8. The Hall–Kier alpha value is -3.23. The minimum Gasteiger partial charge on any atom is -0.497 e. The van der Waals surface area contributed by atoms with Gasteiger partial charge in [0.1, 0.15) is 12.1 Å². The highest BCUT2D eigenvalue weighted by molar-refractivity contribution is 5.80. The van der Waals surface area contributed by atoms with E-state index in [1.807, 2.05) is 0 Å². The van der Waals surface area contributed by atoms with E-state index in [2.05, 4.69) is 20.5 Å². The van der Waals surface area contributed by atoms with Crippen LogP contribution in [0.5, 0.6) is 5.75 Å². The maximum absolute atomic E-state index is 10.9. The summed E-state index contributed by atoms with van der Waals surface area (Å²) in [5.74, 6) is 0.425. The van der Waals surface area contributed by atoms with E-state index in [9.17, 15) is 10.1 Å². The van der Waals surface area contributed by atoms with Crippen LogP contribution in [-0.4, -0.2) is 28.2 Å². The van der Waals surface area contributed by atoms with E-state index in [0.717, 1.165) is 17.6 Å². The van der Waals surface area contributed by atoms with Crippen molar-refractivity contribution in [2.24, 2.45) is 5.10 Å². The average Bonchev–Trinajstić information content (AvgIpc) is 2.47. The maximum Gasteiger partial charge on any atom is 0.354 e. The zero-order valence-corrected chi connectivity index (χ0v) is 11.1. The molecule has 1 aromatic carbocycles. The van der Waals surface area contributed by atoms with E-state index >= 15 is 0 Å². The summed E-state index contributed by atoms with van der Waals surface area (Å²) >= 11 is 0. The predicted octanol–water partition coefficient (Wildman–Crippen LogP) is 1.42. The molecular formula is C12H12N6O3. The Morgan fingerprint density at radius 3 is 2.71 bits per heavy atom. The molecular weight excluding hydrogens is 276 g/mol. The number of anilines is 2. The van der Waals surface area contributed by atoms with Crippen LogP contribution >= 0.6 is 0 Å². The van der Waals surface area contributed by atoms with Crippen LogP contribution in [0, 0.1) is 10.1 Å². The molecule has 0 radical (unpaired) electrons. The fraction of sp³-hybridized carbons (Fsp3) is 0.0833. The maximum atomic E-state index is 10.9. The lowest BCUT2D eigenvalue weighted by molar-refractivity contribution is -0.383. The lowest BCUT2D eigenvalue weighted by Gasteiger charge is -2.02. The molecule has 108 valence electrons. The summed E-state index contributed by atoms with van der Waals surface area (Å²) in [5.41, 5.74) is 8.29. The van der Waals surface area contributed by atoms with Gasteiger partial charge in [-0.3, -0.25) is 15.5 Å². The van der Waals surface area contributed by atoms with Gasteiger partial charge in [0.2, 0.25) is 11.6 Å². The summed E-state index contributed by atoms with van der Waals surface area (Å²) in [6.07, 6.45) is 2.61. The number of methoxy groups -OCH3 is 1. The zero-order chi connectivity index (χ0) is 15.2. The zero-order valence-electron chi connectivity index (χ0n) is 11.1. The first-order chi connectivity index (χ1) is 10.1. The number of benzene rings is 1. The minimum atomic E-state index is -0.666. The molecule has 0 aliphatic heterocycles. The summed E-state index contributed by atoms with van der Waals surface area (Å²) in [6, 6.07) is 7.11. The van der Waals surface area contributed by atoms with Gasteiger partial charge in [0.15, 0.2) is 0 Å². The van der Waals surface area contributed by atoms with Gasteiger partial charge in [-0.1, -0.05) is 0 Å². The Kier molecular flexibility index (Phi) is 4.24. The van der Waals surface area contributed by atoms with Crippen molar-refractivity contribution in [3.05, 3.63) is 46.3 Å². The first-order valence-corrected chi connectivity index (χ1v) is 5.80. The molecule has 2 aromatic rings. The van der Waals surface area contributed by atoms with Gasteiger partial charge in [-0.25, -0.2) is 9.97 Å². The van der Waals surface area contributed by atoms with Crippen molar-refractivity contribution in [1.82, 2.24) is 9.97 Å². The number of hydrazone groups is 1. The van der Waals surface area contributed by atoms with Crippen molar-refractivity contribution in [2.75, 3.05) is 18.3 Å². The molecule has 0 atom stereocenters. The highest BCUT2D eigenvalue weighted by atomic mass is 16.6. The Morgan fingerprint density at radius 2 is 2.10 bits per heavy atom. The van der Waals surface area contributed by atoms with Crippen LogP contribution in [0.4, 0.5) is 17.3 Å². The average molecular weight is 288 g/mol. The van der Waals surface area contributed by atoms with E-state index in [1.165, 1.54) is 6.21 Å². The van der Waals surface area contributed by atoms with Crippen LogP contribution in [0.1, 0.15) is 5.56 Å². The second kappa shape index (κ2) is 6.28. The molecule has 3 N–H and O–H groups in total. The predicted molar refractivity (Wildman–Crippen MR) is 77.3 cm³/mol. The van der Waals surface area contributed by atoms with Gasteiger partial charge in [-0.05, 0) is 29.8 Å². The quantitative estimate of drug-likeness (QED) is 0.483. The standard InChI is InChI=1S/C12H12N6O3/c1-21-9-4-2-8(3-5-9)6-16-17-12-10(18(19)20)11(13)14-7-15-12/h2-7H,1H3,(H3,13,14,15,17)/b16-6+. The van der Waals surface area contributed by atoms with Gasteiger partial charge in [-0.15, -0.1) is 0 Å². The lowest BCUT2D eigenvalue weighted by atomic mass is 10.2. The SMILES string of the molecule is COc1ccc(/C=N/Nc2ncnc(N)c2[N+](=O)[O-])cc1. The second-order valence-corrected chi connectivity index (χ2v) is 3.86. The molecule has 0 saturated heterocycles. The third-order valence-electron chi connectivity index (χ3n) is 2.53. The number of ether oxygens (including phenoxy) is 1. The molecule has 0 saturated carbocycles. The Morgan fingerprint density at radius 1 is 1.38 bits per heavy atom. The fourth-order valence-electron chi connectivity index (χ4n) is 1.51. The molecule has 0 aliphatic rings. The van der Waals surface area contributed by atoms with Gasteiger partial charge in [0, 0.05) is 0 Å². The van der Waals surface area contributed by atoms with Crippen LogP contribution < -0.4 is 15.9 Å². The number of nitro groups is 1. The molecule has 0 aliphatic carbocycles. The third kappa shape index (κ3) is 3.41. The number of hydrogen-bond acceptors (Lipinski definition) is 8. The third-order valence-corrected chi connectivity index (χ3v) is 2.53. The number of aromatic nitrogens is 2. The lowest BCUT2D eigenvalue weighted by Crippen LogP contribution is -2.04. The monoisotopic (exact) mass is 288 g/mol. The number of nitrogens with zero attached hydrogens (tertiary/aromatic N) is 4. The smallest absolute Gasteiger partial charge is 0.354 e. The highest BCUT2D eigenvalue weighted by Crippen LogP contribution is 2.25.